The van der Waals surface area contributed by atoms with E-state index in [2.05, 4.69) is 10.1 Å². The predicted octanol–water partition coefficient (Wildman–Crippen LogP) is 0.384. The lowest BCUT2D eigenvalue weighted by Crippen LogP contribution is -2.73. The summed E-state index contributed by atoms with van der Waals surface area (Å²) < 4.78 is 6.48. The molecule has 0 unspecified atom stereocenters. The number of halogens is 1. The van der Waals surface area contributed by atoms with Crippen molar-refractivity contribution in [2.45, 2.75) is 6.92 Å². The van der Waals surface area contributed by atoms with Crippen molar-refractivity contribution in [2.75, 3.05) is 13.7 Å². The number of fused-ring (bicyclic) bond motifs is 1. The van der Waals surface area contributed by atoms with Gasteiger partial charge in [0.15, 0.2) is 5.65 Å². The summed E-state index contributed by atoms with van der Waals surface area (Å²) in [7, 11) is 1.86. The first-order valence-corrected chi connectivity index (χ1v) is 5.56. The van der Waals surface area contributed by atoms with Crippen LogP contribution in [0.4, 0.5) is 5.82 Å². The van der Waals surface area contributed by atoms with Crippen molar-refractivity contribution in [1.29, 1.82) is 0 Å². The average molecular weight is 256 g/mol. The van der Waals surface area contributed by atoms with Crippen LogP contribution in [-0.4, -0.2) is 34.2 Å². The number of aromatic nitrogens is 3. The van der Waals surface area contributed by atoms with Crippen molar-refractivity contribution in [3.8, 4) is 0 Å². The molecule has 2 heterocycles. The Hall–Kier alpha value is -1.66. The number of hydrogen-bond acceptors (Lipinski definition) is 4. The lowest BCUT2D eigenvalue weighted by Gasteiger charge is -2.01. The number of quaternary nitrogens is 1. The van der Waals surface area contributed by atoms with E-state index in [0.717, 1.165) is 5.82 Å². The van der Waals surface area contributed by atoms with Gasteiger partial charge in [0.1, 0.15) is 10.7 Å². The largest absolute Gasteiger partial charge is 0.462 e. The number of rotatable bonds is 3. The smallest absolute Gasteiger partial charge is 0.343 e. The number of esters is 1. The molecular weight excluding hydrogens is 244 g/mol. The lowest BCUT2D eigenvalue weighted by molar-refractivity contribution is -0.544. The highest BCUT2D eigenvalue weighted by molar-refractivity contribution is 6.29. The summed E-state index contributed by atoms with van der Waals surface area (Å²) in [6, 6.07) is 1.68. The van der Waals surface area contributed by atoms with E-state index in [1.807, 2.05) is 12.4 Å². The molecule has 0 radical (unpaired) electrons. The summed E-state index contributed by atoms with van der Waals surface area (Å²) in [5, 5.41) is 6.25. The van der Waals surface area contributed by atoms with Gasteiger partial charge in [0, 0.05) is 0 Å². The van der Waals surface area contributed by atoms with E-state index >= 15 is 0 Å². The summed E-state index contributed by atoms with van der Waals surface area (Å²) in [5.74, 6) is 0.329. The van der Waals surface area contributed by atoms with E-state index < -0.39 is 5.97 Å². The zero-order chi connectivity index (χ0) is 12.4. The van der Waals surface area contributed by atoms with Crippen LogP contribution in [0, 0.1) is 0 Å². The minimum absolute atomic E-state index is 0.309. The van der Waals surface area contributed by atoms with Crippen LogP contribution < -0.4 is 5.32 Å². The molecule has 0 aromatic carbocycles. The van der Waals surface area contributed by atoms with Gasteiger partial charge >= 0.3 is 5.97 Å². The minimum atomic E-state index is -0.445. The summed E-state index contributed by atoms with van der Waals surface area (Å²) >= 11 is 5.89. The highest BCUT2D eigenvalue weighted by Crippen LogP contribution is 2.16. The van der Waals surface area contributed by atoms with Gasteiger partial charge in [-0.3, -0.25) is 5.32 Å². The number of ether oxygens (including phenoxy) is 1. The highest BCUT2D eigenvalue weighted by Gasteiger charge is 2.18. The van der Waals surface area contributed by atoms with Crippen LogP contribution in [0.15, 0.2) is 12.3 Å². The zero-order valence-corrected chi connectivity index (χ0v) is 10.2. The first-order chi connectivity index (χ1) is 8.17. The maximum Gasteiger partial charge on any atom is 0.343 e. The quantitative estimate of drug-likeness (QED) is 0.636. The van der Waals surface area contributed by atoms with Crippen LogP contribution in [-0.2, 0) is 4.74 Å². The lowest BCUT2D eigenvalue weighted by atomic mass is 10.3. The topological polar surface area (TPSA) is 73.1 Å². The van der Waals surface area contributed by atoms with E-state index in [-0.39, 0.29) is 0 Å². The molecule has 2 aromatic rings. The Bertz CT molecular complexity index is 567. The van der Waals surface area contributed by atoms with Crippen LogP contribution in [0.25, 0.3) is 5.65 Å². The molecule has 2 N–H and O–H groups in total. The summed E-state index contributed by atoms with van der Waals surface area (Å²) in [5.41, 5.74) is 0.724. The molecule has 0 fully saturated rings. The Labute approximate surface area is 103 Å². The van der Waals surface area contributed by atoms with Gasteiger partial charge in [0.25, 0.3) is 0 Å². The Morgan fingerprint density at radius 2 is 2.41 bits per heavy atom. The predicted molar refractivity (Wildman–Crippen MR) is 61.5 cm³/mol. The fourth-order valence-corrected chi connectivity index (χ4v) is 1.71. The molecule has 0 bridgehead atoms. The van der Waals surface area contributed by atoms with Gasteiger partial charge in [-0.25, -0.2) is 9.78 Å². The first kappa shape index (κ1) is 11.8. The third-order valence-corrected chi connectivity index (χ3v) is 2.45. The number of carbonyl (C=O) groups is 1. The molecule has 0 saturated carbocycles. The Kier molecular flexibility index (Phi) is 3.26. The average Bonchev–Trinajstić information content (AvgIpc) is 2.71. The van der Waals surface area contributed by atoms with Crippen LogP contribution in [0.1, 0.15) is 17.3 Å². The number of nitrogens with two attached hydrogens (primary N) is 1. The van der Waals surface area contributed by atoms with Crippen molar-refractivity contribution < 1.29 is 14.8 Å². The highest BCUT2D eigenvalue weighted by atomic mass is 35.5. The van der Waals surface area contributed by atoms with Gasteiger partial charge < -0.3 is 4.74 Å². The van der Waals surface area contributed by atoms with Gasteiger partial charge in [-0.2, -0.15) is 9.61 Å². The van der Waals surface area contributed by atoms with Crippen molar-refractivity contribution >= 4 is 29.0 Å². The summed E-state index contributed by atoms with van der Waals surface area (Å²) in [6.45, 7) is 2.05. The third-order valence-electron chi connectivity index (χ3n) is 2.26. The molecule has 0 aliphatic carbocycles. The van der Waals surface area contributed by atoms with E-state index in [4.69, 9.17) is 16.3 Å². The maximum atomic E-state index is 11.7. The Balaban J connectivity index is 2.60. The maximum absolute atomic E-state index is 11.7. The fraction of sp³-hybridized carbons (Fsp3) is 0.300. The summed E-state index contributed by atoms with van der Waals surface area (Å²) in [4.78, 5) is 15.8. The van der Waals surface area contributed by atoms with E-state index in [1.54, 1.807) is 17.5 Å². The molecule has 0 saturated heterocycles. The standard InChI is InChI=1S/C10H11ClN4O2/c1-3-17-10(16)6-5-13-15-8(12-2)4-7(11)14-9(6)15/h4-5,12H,3H2,1-2H3/p+1. The molecular formula is C10H12ClN4O2+. The van der Waals surface area contributed by atoms with Gasteiger partial charge in [-0.15, -0.1) is 0 Å². The molecule has 0 spiro atoms. The van der Waals surface area contributed by atoms with Gasteiger partial charge in [0.05, 0.1) is 25.9 Å². The molecule has 0 aliphatic heterocycles. The van der Waals surface area contributed by atoms with Crippen molar-refractivity contribution in [1.82, 2.24) is 14.6 Å². The molecule has 7 heteroatoms. The second-order valence-electron chi connectivity index (χ2n) is 3.31. The third kappa shape index (κ3) is 2.09. The van der Waals surface area contributed by atoms with E-state index in [9.17, 15) is 4.79 Å². The molecule has 0 aliphatic rings. The molecule has 0 amide bonds. The molecule has 90 valence electrons. The normalized spacial score (nSPS) is 10.8. The molecule has 6 nitrogen and oxygen atoms in total. The zero-order valence-electron chi connectivity index (χ0n) is 9.48. The van der Waals surface area contributed by atoms with Crippen molar-refractivity contribution in [3.05, 3.63) is 23.0 Å². The second-order valence-corrected chi connectivity index (χ2v) is 3.69. The minimum Gasteiger partial charge on any atom is -0.462 e. The molecule has 2 rings (SSSR count). The second kappa shape index (κ2) is 4.68. The van der Waals surface area contributed by atoms with Gasteiger partial charge in [-0.1, -0.05) is 11.6 Å². The first-order valence-electron chi connectivity index (χ1n) is 5.18. The monoisotopic (exact) mass is 255 g/mol. The van der Waals surface area contributed by atoms with E-state index in [1.165, 1.54) is 6.20 Å². The van der Waals surface area contributed by atoms with Crippen LogP contribution >= 0.6 is 11.6 Å². The molecule has 17 heavy (non-hydrogen) atoms. The van der Waals surface area contributed by atoms with Crippen LogP contribution in [0.5, 0.6) is 0 Å². The number of hydrogen-bond donors (Lipinski definition) is 1. The SMILES string of the molecule is CCOC(=O)c1cnn2c([NH2+]C)cc(Cl)nc12. The Morgan fingerprint density at radius 3 is 3.06 bits per heavy atom. The van der Waals surface area contributed by atoms with Gasteiger partial charge in [-0.05, 0) is 6.92 Å². The fourth-order valence-electron chi connectivity index (χ4n) is 1.51. The molecule has 0 atom stereocenters. The van der Waals surface area contributed by atoms with Crippen molar-refractivity contribution in [2.24, 2.45) is 0 Å². The number of nitrogens with zero attached hydrogens (tertiary/aromatic N) is 3. The van der Waals surface area contributed by atoms with Crippen LogP contribution in [0.2, 0.25) is 5.15 Å². The summed E-state index contributed by atoms with van der Waals surface area (Å²) in [6.07, 6.45) is 1.43. The molecule has 2 aromatic heterocycles. The van der Waals surface area contributed by atoms with Crippen LogP contribution in [0.3, 0.4) is 0 Å². The number of carbonyl (C=O) groups excluding carboxylic acids is 1. The van der Waals surface area contributed by atoms with E-state index in [0.29, 0.717) is 23.0 Å². The van der Waals surface area contributed by atoms with Gasteiger partial charge in [0.2, 0.25) is 5.82 Å². The van der Waals surface area contributed by atoms with Crippen molar-refractivity contribution in [3.63, 3.8) is 0 Å². The Morgan fingerprint density at radius 1 is 1.65 bits per heavy atom.